The van der Waals surface area contributed by atoms with Crippen LogP contribution in [0.1, 0.15) is 34.6 Å². The summed E-state index contributed by atoms with van der Waals surface area (Å²) in [7, 11) is 4.13. The SMILES string of the molecule is [2H]C([2H])([2H])C1=C(C)B(c2cc(C)c3c(C)cccc3[n+]2C)N(C)c2ccccc21. The molecule has 130 valence electrons. The van der Waals surface area contributed by atoms with Crippen molar-refractivity contribution in [1.29, 1.82) is 0 Å². The Labute approximate surface area is 161 Å². The van der Waals surface area contributed by atoms with Crippen LogP contribution in [-0.2, 0) is 7.05 Å². The molecule has 0 saturated heterocycles. The lowest BCUT2D eigenvalue weighted by Crippen LogP contribution is -2.62. The number of aromatic nitrogens is 1. The maximum atomic E-state index is 8.21. The van der Waals surface area contributed by atoms with Gasteiger partial charge in [-0.05, 0) is 63.0 Å². The van der Waals surface area contributed by atoms with Gasteiger partial charge in [0.15, 0.2) is 5.59 Å². The van der Waals surface area contributed by atoms with Crippen LogP contribution in [0.25, 0.3) is 16.5 Å². The summed E-state index contributed by atoms with van der Waals surface area (Å²) in [5.74, 6) is 0. The van der Waals surface area contributed by atoms with Crippen molar-refractivity contribution in [2.45, 2.75) is 27.6 Å². The van der Waals surface area contributed by atoms with Crippen molar-refractivity contribution in [2.75, 3.05) is 11.9 Å². The van der Waals surface area contributed by atoms with Crippen LogP contribution in [0.15, 0.2) is 54.0 Å². The zero-order valence-electron chi connectivity index (χ0n) is 19.1. The quantitative estimate of drug-likeness (QED) is 0.479. The van der Waals surface area contributed by atoms with Crippen molar-refractivity contribution in [1.82, 2.24) is 0 Å². The van der Waals surface area contributed by atoms with E-state index in [1.54, 1.807) is 0 Å². The van der Waals surface area contributed by atoms with Gasteiger partial charge >= 0.3 is 6.85 Å². The number of pyridine rings is 1. The lowest BCUT2D eigenvalue weighted by Gasteiger charge is -2.34. The van der Waals surface area contributed by atoms with Crippen LogP contribution in [0.3, 0.4) is 0 Å². The molecule has 26 heavy (non-hydrogen) atoms. The van der Waals surface area contributed by atoms with Gasteiger partial charge in [-0.1, -0.05) is 35.8 Å². The van der Waals surface area contributed by atoms with Crippen LogP contribution in [0.2, 0.25) is 0 Å². The Bertz CT molecular complexity index is 1160. The number of fused-ring (bicyclic) bond motifs is 2. The number of rotatable bonds is 1. The summed E-state index contributed by atoms with van der Waals surface area (Å²) in [6.07, 6.45) is 0. The van der Waals surface area contributed by atoms with Crippen molar-refractivity contribution in [3.05, 3.63) is 70.7 Å². The van der Waals surface area contributed by atoms with E-state index in [2.05, 4.69) is 61.6 Å². The summed E-state index contributed by atoms with van der Waals surface area (Å²) in [6, 6.07) is 16.4. The van der Waals surface area contributed by atoms with Crippen molar-refractivity contribution < 1.29 is 8.68 Å². The summed E-state index contributed by atoms with van der Waals surface area (Å²) >= 11 is 0. The van der Waals surface area contributed by atoms with E-state index in [0.717, 1.165) is 27.8 Å². The molecule has 1 aromatic heterocycles. The topological polar surface area (TPSA) is 7.12 Å². The molecule has 0 aliphatic carbocycles. The molecule has 2 nitrogen and oxygen atoms in total. The first-order chi connectivity index (χ1) is 13.6. The van der Waals surface area contributed by atoms with Gasteiger partial charge in [-0.3, -0.25) is 0 Å². The average molecular weight is 344 g/mol. The minimum absolute atomic E-state index is 0.145. The van der Waals surface area contributed by atoms with Crippen LogP contribution in [0.5, 0.6) is 0 Å². The van der Waals surface area contributed by atoms with Gasteiger partial charge in [-0.25, -0.2) is 4.57 Å². The van der Waals surface area contributed by atoms with Crippen LogP contribution in [0.4, 0.5) is 5.69 Å². The molecule has 0 saturated carbocycles. The third kappa shape index (κ3) is 2.30. The number of nitrogens with zero attached hydrogens (tertiary/aromatic N) is 2. The Kier molecular flexibility index (Phi) is 3.15. The Morgan fingerprint density at radius 3 is 2.54 bits per heavy atom. The maximum Gasteiger partial charge on any atom is 0.399 e. The van der Waals surface area contributed by atoms with Gasteiger partial charge in [0, 0.05) is 21.9 Å². The molecule has 0 atom stereocenters. The summed E-state index contributed by atoms with van der Waals surface area (Å²) in [4.78, 5) is 2.20. The molecule has 0 unspecified atom stereocenters. The van der Waals surface area contributed by atoms with E-state index < -0.39 is 6.85 Å². The van der Waals surface area contributed by atoms with Crippen molar-refractivity contribution in [2.24, 2.45) is 7.05 Å². The van der Waals surface area contributed by atoms with E-state index in [0.29, 0.717) is 5.57 Å². The van der Waals surface area contributed by atoms with Crippen molar-refractivity contribution in [3.63, 3.8) is 0 Å². The zero-order chi connectivity index (χ0) is 21.1. The Hall–Kier alpha value is -2.55. The third-order valence-corrected chi connectivity index (χ3v) is 5.78. The highest BCUT2D eigenvalue weighted by atomic mass is 15.1. The molecule has 0 bridgehead atoms. The molecule has 0 amide bonds. The molecule has 1 aliphatic heterocycles. The minimum Gasteiger partial charge on any atom is -0.404 e. The molecule has 1 aliphatic rings. The van der Waals surface area contributed by atoms with Crippen molar-refractivity contribution >= 4 is 34.6 Å². The molecule has 0 radical (unpaired) electrons. The minimum atomic E-state index is -2.17. The largest absolute Gasteiger partial charge is 0.404 e. The van der Waals surface area contributed by atoms with E-state index in [1.165, 1.54) is 16.5 Å². The predicted octanol–water partition coefficient (Wildman–Crippen LogP) is 3.96. The number of anilines is 1. The number of hydrogen-bond acceptors (Lipinski definition) is 1. The molecule has 0 fully saturated rings. The molecule has 3 heteroatoms. The van der Waals surface area contributed by atoms with E-state index in [1.807, 2.05) is 31.2 Å². The zero-order valence-corrected chi connectivity index (χ0v) is 16.1. The number of hydrogen-bond donors (Lipinski definition) is 0. The second-order valence-corrected chi connectivity index (χ2v) is 7.37. The Balaban J connectivity index is 2.04. The van der Waals surface area contributed by atoms with Gasteiger partial charge in [0.2, 0.25) is 5.52 Å². The summed E-state index contributed by atoms with van der Waals surface area (Å²) in [5.41, 5.74) is 7.83. The first kappa shape index (κ1) is 13.6. The number of allylic oxidation sites excluding steroid dienone is 2. The van der Waals surface area contributed by atoms with Gasteiger partial charge in [0.25, 0.3) is 0 Å². The summed E-state index contributed by atoms with van der Waals surface area (Å²) in [5, 5.41) is 1.26. The second kappa shape index (κ2) is 6.01. The standard InChI is InChI=1S/C23H26BN2/c1-15-10-9-13-21-23(15)16(2)14-22(25(21)5)24-18(4)17(3)19-11-7-8-12-20(19)26(24)6/h7-14H,1-6H3/q+1/i3D3. The fourth-order valence-electron chi connectivity index (χ4n) is 4.43. The molecular formula is C23H26BN2+. The van der Waals surface area contributed by atoms with E-state index >= 15 is 0 Å². The second-order valence-electron chi connectivity index (χ2n) is 7.37. The molecule has 4 rings (SSSR count). The van der Waals surface area contributed by atoms with Crippen LogP contribution < -0.4 is 15.0 Å². The monoisotopic (exact) mass is 344 g/mol. The lowest BCUT2D eigenvalue weighted by atomic mass is 9.47. The summed E-state index contributed by atoms with van der Waals surface area (Å²) in [6.45, 7) is 3.93. The van der Waals surface area contributed by atoms with E-state index in [9.17, 15) is 0 Å². The number of para-hydroxylation sites is 1. The number of benzene rings is 2. The maximum absolute atomic E-state index is 8.21. The van der Waals surface area contributed by atoms with Gasteiger partial charge < -0.3 is 4.81 Å². The van der Waals surface area contributed by atoms with Crippen molar-refractivity contribution in [3.8, 4) is 0 Å². The smallest absolute Gasteiger partial charge is 0.399 e. The number of aryl methyl sites for hydroxylation is 3. The molecule has 2 aromatic carbocycles. The van der Waals surface area contributed by atoms with Gasteiger partial charge in [0.05, 0.1) is 5.39 Å². The molecule has 3 aromatic rings. The first-order valence-electron chi connectivity index (χ1n) is 10.5. The fourth-order valence-corrected chi connectivity index (χ4v) is 4.43. The normalized spacial score (nSPS) is 16.4. The highest BCUT2D eigenvalue weighted by Gasteiger charge is 2.39. The van der Waals surface area contributed by atoms with Gasteiger partial charge in [-0.15, -0.1) is 0 Å². The summed E-state index contributed by atoms with van der Waals surface area (Å²) < 4.78 is 26.8. The van der Waals surface area contributed by atoms with E-state index in [-0.39, 0.29) is 6.85 Å². The molecule has 2 heterocycles. The molecular weight excluding hydrogens is 315 g/mol. The highest BCUT2D eigenvalue weighted by molar-refractivity contribution is 6.83. The van der Waals surface area contributed by atoms with Crippen LogP contribution in [0, 0.1) is 13.8 Å². The van der Waals surface area contributed by atoms with Gasteiger partial charge in [-0.2, -0.15) is 0 Å². The highest BCUT2D eigenvalue weighted by Crippen LogP contribution is 2.35. The van der Waals surface area contributed by atoms with Crippen LogP contribution in [-0.4, -0.2) is 13.9 Å². The third-order valence-electron chi connectivity index (χ3n) is 5.78. The van der Waals surface area contributed by atoms with Gasteiger partial charge in [0.1, 0.15) is 7.05 Å². The predicted molar refractivity (Wildman–Crippen MR) is 113 cm³/mol. The Morgan fingerprint density at radius 1 is 1.00 bits per heavy atom. The van der Waals surface area contributed by atoms with E-state index in [4.69, 9.17) is 4.11 Å². The lowest BCUT2D eigenvalue weighted by molar-refractivity contribution is -0.627. The van der Waals surface area contributed by atoms with Crippen LogP contribution >= 0.6 is 0 Å². The first-order valence-corrected chi connectivity index (χ1v) is 9.05. The fraction of sp³-hybridized carbons (Fsp3) is 0.261. The Morgan fingerprint density at radius 2 is 1.77 bits per heavy atom. The average Bonchev–Trinajstić information content (AvgIpc) is 2.64. The molecule has 0 N–H and O–H groups in total. The molecule has 0 spiro atoms.